The molecule has 0 spiro atoms. The molecule has 159 valence electrons. The molecule has 2 aromatic rings. The van der Waals surface area contributed by atoms with Gasteiger partial charge in [0.05, 0.1) is 0 Å². The first kappa shape index (κ1) is 30.6. The Kier molecular flexibility index (Phi) is 25.8. The van der Waals surface area contributed by atoms with Crippen molar-refractivity contribution in [2.24, 2.45) is 0 Å². The van der Waals surface area contributed by atoms with Crippen molar-refractivity contribution in [2.45, 2.75) is 92.2 Å². The third kappa shape index (κ3) is 18.4. The van der Waals surface area contributed by atoms with Gasteiger partial charge in [-0.1, -0.05) is 92.2 Å². The third-order valence-electron chi connectivity index (χ3n) is 4.22. The number of halogens is 2. The van der Waals surface area contributed by atoms with Crippen LogP contribution in [-0.2, 0) is 46.5 Å². The van der Waals surface area contributed by atoms with E-state index in [1.54, 1.807) is 0 Å². The molecule has 0 nitrogen and oxygen atoms in total. The number of hydrogen-bond acceptors (Lipinski definition) is 0. The van der Waals surface area contributed by atoms with E-state index in [1.807, 2.05) is 0 Å². The van der Waals surface area contributed by atoms with Crippen LogP contribution in [0.1, 0.15) is 75.6 Å². The van der Waals surface area contributed by atoms with Crippen LogP contribution < -0.4 is 0 Å². The van der Waals surface area contributed by atoms with Gasteiger partial charge < -0.3 is 0 Å². The summed E-state index contributed by atoms with van der Waals surface area (Å²) < 4.78 is 0. The summed E-state index contributed by atoms with van der Waals surface area (Å²) in [6, 6.07) is 13.7. The van der Waals surface area contributed by atoms with Gasteiger partial charge in [0.1, 0.15) is 0 Å². The molecule has 2 rings (SSSR count). The van der Waals surface area contributed by atoms with E-state index in [-0.39, 0.29) is 0 Å². The van der Waals surface area contributed by atoms with Gasteiger partial charge in [-0.05, 0) is 0 Å². The molecule has 4 heteroatoms. The van der Waals surface area contributed by atoms with Crippen LogP contribution in [-0.4, -0.2) is 9.52 Å². The number of rotatable bonds is 8. The van der Waals surface area contributed by atoms with E-state index in [2.05, 4.69) is 77.2 Å². The Morgan fingerprint density at radius 2 is 1.11 bits per heavy atom. The molecule has 1 radical (unpaired) electrons. The molecule has 0 saturated heterocycles. The van der Waals surface area contributed by atoms with Crippen molar-refractivity contribution in [3.05, 3.63) is 58.7 Å². The Morgan fingerprint density at radius 3 is 1.32 bits per heavy atom. The summed E-state index contributed by atoms with van der Waals surface area (Å²) in [5.41, 5.74) is 6.00. The van der Waals surface area contributed by atoms with Crippen LogP contribution in [0.15, 0.2) is 36.4 Å². The van der Waals surface area contributed by atoms with Crippen LogP contribution in [0.4, 0.5) is 0 Å². The first-order valence-corrected chi connectivity index (χ1v) is 19.4. The van der Waals surface area contributed by atoms with Gasteiger partial charge in [0.25, 0.3) is 0 Å². The Morgan fingerprint density at radius 1 is 0.786 bits per heavy atom. The Balaban J connectivity index is 0. The fourth-order valence-corrected chi connectivity index (χ4v) is 2.61. The average Bonchev–Trinajstić information content (AvgIpc) is 3.35. The second-order valence-electron chi connectivity index (χ2n) is 6.82. The van der Waals surface area contributed by atoms with E-state index in [0.29, 0.717) is 0 Å². The van der Waals surface area contributed by atoms with Crippen LogP contribution in [0.5, 0.6) is 0 Å². The Labute approximate surface area is 197 Å². The molecule has 0 atom stereocenters. The minimum absolute atomic E-state index is 0.750. The van der Waals surface area contributed by atoms with E-state index < -0.39 is 20.8 Å². The van der Waals surface area contributed by atoms with E-state index in [4.69, 9.17) is 17.0 Å². The van der Waals surface area contributed by atoms with Crippen molar-refractivity contribution in [2.75, 3.05) is 0 Å². The van der Waals surface area contributed by atoms with Crippen molar-refractivity contribution >= 4 is 26.5 Å². The maximum atomic E-state index is 4.93. The van der Waals surface area contributed by atoms with Gasteiger partial charge in [-0.25, -0.2) is 12.1 Å². The van der Waals surface area contributed by atoms with Gasteiger partial charge in [-0.15, -0.1) is 0 Å². The normalized spacial score (nSPS) is 9.14. The van der Waals surface area contributed by atoms with Crippen LogP contribution >= 0.6 is 17.0 Å². The molecule has 0 aliphatic carbocycles. The standard InChI is InChI=1S/2C11H17.C2H7Si.2ClH.Zr/c2*1-3-5-6-11-8-7-10(4-2)9-11;1-3-2;;;/h2*7-9H,3-6H2,1-2H3;3H,1-2H3;2*1H;/q2*-1;;;;+4/p-2. The predicted octanol–water partition coefficient (Wildman–Crippen LogP) is 8.52. The number of hydrogen-bond donors (Lipinski definition) is 0. The molecule has 0 aliphatic heterocycles. The SMILES string of the molecule is CCCCc1cc(CC)c[cH-]1.CCCCc1cc(CC)c[cH-]1.C[SiH]C.[Cl][Zr+2][Cl]. The zero-order valence-corrected chi connectivity index (χ0v) is 24.1. The molecule has 0 heterocycles. The fraction of sp³-hybridized carbons (Fsp3) is 0.583. The van der Waals surface area contributed by atoms with Crippen LogP contribution in [0, 0.1) is 0 Å². The monoisotopic (exact) mass is 517 g/mol. The molecule has 0 amide bonds. The molecule has 0 N–H and O–H groups in total. The van der Waals surface area contributed by atoms with Crippen molar-refractivity contribution in [3.8, 4) is 0 Å². The van der Waals surface area contributed by atoms with Gasteiger partial charge in [0, 0.05) is 9.52 Å². The van der Waals surface area contributed by atoms with Crippen LogP contribution in [0.25, 0.3) is 0 Å². The second-order valence-corrected chi connectivity index (χ2v) is 11.7. The van der Waals surface area contributed by atoms with Gasteiger partial charge in [0.2, 0.25) is 0 Å². The Hall–Kier alpha value is 0.380. The quantitative estimate of drug-likeness (QED) is 0.242. The molecule has 0 fully saturated rings. The van der Waals surface area contributed by atoms with E-state index in [0.717, 1.165) is 9.52 Å². The molecule has 0 bridgehead atoms. The van der Waals surface area contributed by atoms with Crippen molar-refractivity contribution < 1.29 is 20.8 Å². The predicted molar refractivity (Wildman–Crippen MR) is 131 cm³/mol. The van der Waals surface area contributed by atoms with Gasteiger partial charge in [-0.3, -0.25) is 0 Å². The summed E-state index contributed by atoms with van der Waals surface area (Å²) in [6.07, 6.45) is 10.1. The van der Waals surface area contributed by atoms with E-state index >= 15 is 0 Å². The first-order valence-electron chi connectivity index (χ1n) is 10.8. The summed E-state index contributed by atoms with van der Waals surface area (Å²) >= 11 is -0.826. The van der Waals surface area contributed by atoms with Crippen LogP contribution in [0.3, 0.4) is 0 Å². The third-order valence-corrected chi connectivity index (χ3v) is 4.22. The summed E-state index contributed by atoms with van der Waals surface area (Å²) in [6.45, 7) is 13.3. The fourth-order valence-electron chi connectivity index (χ4n) is 2.61. The molecular weight excluding hydrogens is 478 g/mol. The Bertz CT molecular complexity index is 486. The van der Waals surface area contributed by atoms with E-state index in [9.17, 15) is 0 Å². The van der Waals surface area contributed by atoms with Crippen molar-refractivity contribution in [1.82, 2.24) is 0 Å². The molecule has 0 unspecified atom stereocenters. The van der Waals surface area contributed by atoms with Crippen molar-refractivity contribution in [1.29, 1.82) is 0 Å². The zero-order chi connectivity index (χ0) is 21.6. The second kappa shape index (κ2) is 23.7. The molecular formula is C24H41Cl2SiZr. The topological polar surface area (TPSA) is 0 Å². The molecule has 0 saturated carbocycles. The molecule has 0 aliphatic rings. The molecule has 28 heavy (non-hydrogen) atoms. The summed E-state index contributed by atoms with van der Waals surface area (Å²) in [7, 11) is 10.6. The molecule has 0 aromatic heterocycles. The van der Waals surface area contributed by atoms with Gasteiger partial charge >= 0.3 is 37.9 Å². The summed E-state index contributed by atoms with van der Waals surface area (Å²) in [4.78, 5) is 0. The summed E-state index contributed by atoms with van der Waals surface area (Å²) in [5.74, 6) is 0. The number of unbranched alkanes of at least 4 members (excludes halogenated alkanes) is 2. The minimum atomic E-state index is -0.826. The maximum absolute atomic E-state index is 4.93. The molecule has 2 aromatic carbocycles. The average molecular weight is 520 g/mol. The van der Waals surface area contributed by atoms with Crippen LogP contribution in [0.2, 0.25) is 13.1 Å². The summed E-state index contributed by atoms with van der Waals surface area (Å²) in [5, 5.41) is 0. The van der Waals surface area contributed by atoms with E-state index in [1.165, 1.54) is 73.6 Å². The zero-order valence-electron chi connectivity index (χ0n) is 19.0. The van der Waals surface area contributed by atoms with Gasteiger partial charge in [-0.2, -0.15) is 46.5 Å². The van der Waals surface area contributed by atoms with Crippen molar-refractivity contribution in [3.63, 3.8) is 0 Å². The first-order chi connectivity index (χ1) is 13.6. The van der Waals surface area contributed by atoms with Gasteiger partial charge in [0.15, 0.2) is 0 Å². The number of aryl methyl sites for hydroxylation is 4.